The average molecular weight is 389 g/mol. The first kappa shape index (κ1) is 18.5. The van der Waals surface area contributed by atoms with Crippen molar-refractivity contribution in [1.82, 2.24) is 4.72 Å². The van der Waals surface area contributed by atoms with Gasteiger partial charge in [-0.3, -0.25) is 4.79 Å². The van der Waals surface area contributed by atoms with Crippen LogP contribution in [0.1, 0.15) is 0 Å². The van der Waals surface area contributed by atoms with E-state index in [1.54, 1.807) is 24.3 Å². The van der Waals surface area contributed by atoms with Crippen LogP contribution < -0.4 is 14.8 Å². The van der Waals surface area contributed by atoms with Crippen molar-refractivity contribution < 1.29 is 17.9 Å². The number of amides is 1. The number of halogens is 2. The highest BCUT2D eigenvalue weighted by molar-refractivity contribution is 7.89. The van der Waals surface area contributed by atoms with Gasteiger partial charge in [0.15, 0.2) is 0 Å². The first-order valence-corrected chi connectivity index (χ1v) is 8.95. The molecule has 0 heterocycles. The van der Waals surface area contributed by atoms with E-state index in [4.69, 9.17) is 27.9 Å². The summed E-state index contributed by atoms with van der Waals surface area (Å²) >= 11 is 11.7. The summed E-state index contributed by atoms with van der Waals surface area (Å²) in [5.41, 5.74) is 0.435. The van der Waals surface area contributed by atoms with Gasteiger partial charge in [-0.2, -0.15) is 0 Å². The molecule has 0 spiro atoms. The average Bonchev–Trinajstić information content (AvgIpc) is 2.56. The Morgan fingerprint density at radius 3 is 2.58 bits per heavy atom. The summed E-state index contributed by atoms with van der Waals surface area (Å²) in [6.45, 7) is -0.469. The lowest BCUT2D eigenvalue weighted by molar-refractivity contribution is -0.115. The number of hydrogen-bond acceptors (Lipinski definition) is 4. The maximum atomic E-state index is 12.2. The van der Waals surface area contributed by atoms with E-state index in [0.717, 1.165) is 0 Å². The zero-order valence-electron chi connectivity index (χ0n) is 12.5. The van der Waals surface area contributed by atoms with E-state index in [1.807, 2.05) is 0 Å². The molecule has 6 nitrogen and oxygen atoms in total. The van der Waals surface area contributed by atoms with Crippen molar-refractivity contribution in [1.29, 1.82) is 0 Å². The molecule has 2 aromatic carbocycles. The molecule has 0 radical (unpaired) electrons. The highest BCUT2D eigenvalue weighted by atomic mass is 35.5. The lowest BCUT2D eigenvalue weighted by Crippen LogP contribution is -2.33. The normalized spacial score (nSPS) is 11.1. The van der Waals surface area contributed by atoms with E-state index >= 15 is 0 Å². The second-order valence-corrected chi connectivity index (χ2v) is 7.23. The fourth-order valence-electron chi connectivity index (χ4n) is 1.86. The Bertz CT molecular complexity index is 856. The van der Waals surface area contributed by atoms with Gasteiger partial charge < -0.3 is 10.1 Å². The van der Waals surface area contributed by atoms with E-state index < -0.39 is 22.5 Å². The standard InChI is InChI=1S/C15H14Cl2N2O4S/c1-23-13-5-3-2-4-12(13)19-15(20)9-18-24(21,22)14-8-10(16)6-7-11(14)17/h2-8,18H,9H2,1H3,(H,19,20). The van der Waals surface area contributed by atoms with Gasteiger partial charge in [-0.15, -0.1) is 0 Å². The zero-order chi connectivity index (χ0) is 17.7. The molecule has 0 atom stereocenters. The summed E-state index contributed by atoms with van der Waals surface area (Å²) in [7, 11) is -2.51. The molecule has 24 heavy (non-hydrogen) atoms. The number of rotatable bonds is 6. The number of carbonyl (C=O) groups excluding carboxylic acids is 1. The third-order valence-corrected chi connectivity index (χ3v) is 5.10. The first-order valence-electron chi connectivity index (χ1n) is 6.71. The lowest BCUT2D eigenvalue weighted by Gasteiger charge is -2.11. The van der Waals surface area contributed by atoms with Gasteiger partial charge >= 0.3 is 0 Å². The summed E-state index contributed by atoms with van der Waals surface area (Å²) in [5, 5.41) is 2.79. The predicted molar refractivity (Wildman–Crippen MR) is 93.3 cm³/mol. The summed E-state index contributed by atoms with van der Waals surface area (Å²) in [6, 6.07) is 10.8. The van der Waals surface area contributed by atoms with Gasteiger partial charge in [0.1, 0.15) is 10.6 Å². The van der Waals surface area contributed by atoms with Crippen molar-refractivity contribution in [2.45, 2.75) is 4.90 Å². The Labute approximate surface area is 149 Å². The van der Waals surface area contributed by atoms with E-state index in [9.17, 15) is 13.2 Å². The molecule has 0 aliphatic heterocycles. The second-order valence-electron chi connectivity index (χ2n) is 4.65. The zero-order valence-corrected chi connectivity index (χ0v) is 14.9. The molecule has 1 amide bonds. The minimum absolute atomic E-state index is 0.0111. The maximum Gasteiger partial charge on any atom is 0.242 e. The summed E-state index contributed by atoms with van der Waals surface area (Å²) in [6.07, 6.45) is 0. The van der Waals surface area contributed by atoms with Gasteiger partial charge in [0, 0.05) is 5.02 Å². The molecule has 0 bridgehead atoms. The molecular weight excluding hydrogens is 375 g/mol. The van der Waals surface area contributed by atoms with Crippen molar-refractivity contribution in [2.75, 3.05) is 19.0 Å². The number of carbonyl (C=O) groups is 1. The second kappa shape index (κ2) is 7.85. The van der Waals surface area contributed by atoms with Crippen LogP contribution in [0.3, 0.4) is 0 Å². The minimum atomic E-state index is -3.97. The van der Waals surface area contributed by atoms with Gasteiger partial charge in [0.2, 0.25) is 15.9 Å². The topological polar surface area (TPSA) is 84.5 Å². The number of nitrogens with one attached hydrogen (secondary N) is 2. The molecule has 0 saturated heterocycles. The van der Waals surface area contributed by atoms with Gasteiger partial charge in [-0.25, -0.2) is 13.1 Å². The quantitative estimate of drug-likeness (QED) is 0.796. The number of methoxy groups -OCH3 is 1. The van der Waals surface area contributed by atoms with Crippen molar-refractivity contribution in [2.24, 2.45) is 0 Å². The molecule has 0 fully saturated rings. The molecular formula is C15H14Cl2N2O4S. The number of ether oxygens (including phenoxy) is 1. The van der Waals surface area contributed by atoms with Crippen LogP contribution in [0.25, 0.3) is 0 Å². The maximum absolute atomic E-state index is 12.2. The molecule has 128 valence electrons. The van der Waals surface area contributed by atoms with E-state index in [0.29, 0.717) is 11.4 Å². The lowest BCUT2D eigenvalue weighted by atomic mass is 10.3. The Morgan fingerprint density at radius 1 is 1.17 bits per heavy atom. The summed E-state index contributed by atoms with van der Waals surface area (Å²) < 4.78 is 31.7. The van der Waals surface area contributed by atoms with Crippen molar-refractivity contribution in [3.8, 4) is 5.75 Å². The van der Waals surface area contributed by atoms with E-state index in [1.165, 1.54) is 25.3 Å². The highest BCUT2D eigenvalue weighted by Gasteiger charge is 2.19. The molecule has 2 rings (SSSR count). The van der Waals surface area contributed by atoms with Crippen LogP contribution in [0, 0.1) is 0 Å². The Balaban J connectivity index is 2.06. The van der Waals surface area contributed by atoms with Gasteiger partial charge in [-0.1, -0.05) is 35.3 Å². The van der Waals surface area contributed by atoms with Crippen LogP contribution >= 0.6 is 23.2 Å². The molecule has 2 N–H and O–H groups in total. The van der Waals surface area contributed by atoms with Gasteiger partial charge in [-0.05, 0) is 30.3 Å². The first-order chi connectivity index (χ1) is 11.3. The monoisotopic (exact) mass is 388 g/mol. The van der Waals surface area contributed by atoms with Crippen molar-refractivity contribution in [3.63, 3.8) is 0 Å². The summed E-state index contributed by atoms with van der Waals surface area (Å²) in [4.78, 5) is 11.8. The SMILES string of the molecule is COc1ccccc1NC(=O)CNS(=O)(=O)c1cc(Cl)ccc1Cl. The van der Waals surface area contributed by atoms with Crippen LogP contribution in [-0.4, -0.2) is 28.0 Å². The van der Waals surface area contributed by atoms with Gasteiger partial charge in [0.05, 0.1) is 24.4 Å². The van der Waals surface area contributed by atoms with Crippen molar-refractivity contribution in [3.05, 3.63) is 52.5 Å². The number of sulfonamides is 1. The van der Waals surface area contributed by atoms with Crippen LogP contribution in [0.4, 0.5) is 5.69 Å². The number of para-hydroxylation sites is 2. The van der Waals surface area contributed by atoms with E-state index in [2.05, 4.69) is 10.0 Å². The molecule has 0 unspecified atom stereocenters. The highest BCUT2D eigenvalue weighted by Crippen LogP contribution is 2.25. The number of benzene rings is 2. The Kier molecular flexibility index (Phi) is 6.06. The Hall–Kier alpha value is -1.80. The molecule has 0 aliphatic carbocycles. The summed E-state index contributed by atoms with van der Waals surface area (Å²) in [5.74, 6) is -0.0900. The molecule has 9 heteroatoms. The molecule has 2 aromatic rings. The van der Waals surface area contributed by atoms with Gasteiger partial charge in [0.25, 0.3) is 0 Å². The van der Waals surface area contributed by atoms with Crippen LogP contribution in [0.15, 0.2) is 47.4 Å². The fraction of sp³-hybridized carbons (Fsp3) is 0.133. The smallest absolute Gasteiger partial charge is 0.242 e. The third kappa shape index (κ3) is 4.61. The van der Waals surface area contributed by atoms with E-state index in [-0.39, 0.29) is 14.9 Å². The fourth-order valence-corrected chi connectivity index (χ4v) is 3.61. The van der Waals surface area contributed by atoms with Crippen LogP contribution in [-0.2, 0) is 14.8 Å². The minimum Gasteiger partial charge on any atom is -0.495 e. The van der Waals surface area contributed by atoms with Crippen LogP contribution in [0.2, 0.25) is 10.0 Å². The molecule has 0 aromatic heterocycles. The number of hydrogen-bond donors (Lipinski definition) is 2. The third-order valence-electron chi connectivity index (χ3n) is 2.99. The largest absolute Gasteiger partial charge is 0.495 e. The Morgan fingerprint density at radius 2 is 1.88 bits per heavy atom. The molecule has 0 saturated carbocycles. The van der Waals surface area contributed by atoms with Crippen molar-refractivity contribution >= 4 is 44.8 Å². The molecule has 0 aliphatic rings. The number of anilines is 1. The predicted octanol–water partition coefficient (Wildman–Crippen LogP) is 2.92. The van der Waals surface area contributed by atoms with Crippen LogP contribution in [0.5, 0.6) is 5.75 Å².